The van der Waals surface area contributed by atoms with E-state index in [1.165, 1.54) is 22.0 Å². The zero-order valence-electron chi connectivity index (χ0n) is 18.4. The lowest BCUT2D eigenvalue weighted by Crippen LogP contribution is -2.50. The number of aromatic nitrogens is 1. The minimum Gasteiger partial charge on any atom is -0.390 e. The Labute approximate surface area is 190 Å². The predicted molar refractivity (Wildman–Crippen MR) is 131 cm³/mol. The number of rotatable bonds is 7. The molecule has 0 aliphatic carbocycles. The van der Waals surface area contributed by atoms with Crippen LogP contribution in [0, 0.1) is 0 Å². The van der Waals surface area contributed by atoms with Crippen molar-refractivity contribution in [1.82, 2.24) is 14.4 Å². The molecule has 0 bridgehead atoms. The van der Waals surface area contributed by atoms with Gasteiger partial charge in [-0.2, -0.15) is 0 Å². The number of benzene rings is 3. The molecule has 1 unspecified atom stereocenters. The van der Waals surface area contributed by atoms with Gasteiger partial charge in [0.15, 0.2) is 0 Å². The highest BCUT2D eigenvalue weighted by molar-refractivity contribution is 5.79. The Hall–Kier alpha value is -2.92. The van der Waals surface area contributed by atoms with Crippen molar-refractivity contribution in [1.29, 1.82) is 0 Å². The molecule has 1 atom stereocenters. The van der Waals surface area contributed by atoms with Crippen molar-refractivity contribution in [3.8, 4) is 0 Å². The molecule has 32 heavy (non-hydrogen) atoms. The smallest absolute Gasteiger partial charge is 0.0845 e. The molecule has 5 rings (SSSR count). The highest BCUT2D eigenvalue weighted by atomic mass is 16.3. The van der Waals surface area contributed by atoms with Gasteiger partial charge in [0.1, 0.15) is 0 Å². The number of nitrogens with zero attached hydrogens (tertiary/aromatic N) is 3. The number of β-amino-alcohol motifs (C(OH)–C–C–N with tert-alkyl or cyclic N) is 1. The van der Waals surface area contributed by atoms with Crippen molar-refractivity contribution in [3.63, 3.8) is 0 Å². The summed E-state index contributed by atoms with van der Waals surface area (Å²) in [4.78, 5) is 4.98. The molecule has 164 valence electrons. The molecule has 1 aromatic heterocycles. The summed E-state index contributed by atoms with van der Waals surface area (Å²) in [6.45, 7) is 5.27. The molecule has 0 spiro atoms. The average Bonchev–Trinajstić information content (AvgIpc) is 3.24. The first-order chi connectivity index (χ1) is 15.8. The molecule has 4 aromatic rings. The molecule has 1 fully saturated rings. The molecule has 4 nitrogen and oxygen atoms in total. The van der Waals surface area contributed by atoms with Crippen molar-refractivity contribution in [2.45, 2.75) is 18.7 Å². The van der Waals surface area contributed by atoms with Crippen LogP contribution in [0.4, 0.5) is 0 Å². The molecule has 1 saturated heterocycles. The van der Waals surface area contributed by atoms with E-state index in [1.54, 1.807) is 0 Å². The quantitative estimate of drug-likeness (QED) is 0.476. The first-order valence-corrected chi connectivity index (χ1v) is 11.6. The van der Waals surface area contributed by atoms with Crippen LogP contribution in [0.2, 0.25) is 0 Å². The first kappa shape index (κ1) is 21.0. The van der Waals surface area contributed by atoms with Gasteiger partial charge in [-0.1, -0.05) is 78.9 Å². The van der Waals surface area contributed by atoms with Crippen molar-refractivity contribution in [2.75, 3.05) is 32.7 Å². The lowest BCUT2D eigenvalue weighted by atomic mass is 9.96. The number of hydrogen-bond acceptors (Lipinski definition) is 3. The van der Waals surface area contributed by atoms with E-state index in [4.69, 9.17) is 0 Å². The standard InChI is InChI=1S/C28H31N3O/c32-26(22-31-16-15-23-9-7-8-14-27(23)31)21-29-17-19-30(20-18-29)28(24-10-3-1-4-11-24)25-12-5-2-6-13-25/h1-16,26,28,32H,17-22H2. The van der Waals surface area contributed by atoms with Crippen LogP contribution >= 0.6 is 0 Å². The van der Waals surface area contributed by atoms with Gasteiger partial charge in [-0.15, -0.1) is 0 Å². The monoisotopic (exact) mass is 425 g/mol. The maximum absolute atomic E-state index is 10.8. The Morgan fingerprint density at radius 3 is 1.91 bits per heavy atom. The molecule has 2 heterocycles. The maximum Gasteiger partial charge on any atom is 0.0845 e. The minimum atomic E-state index is -0.378. The summed E-state index contributed by atoms with van der Waals surface area (Å²) >= 11 is 0. The Morgan fingerprint density at radius 1 is 0.656 bits per heavy atom. The third kappa shape index (κ3) is 4.63. The van der Waals surface area contributed by atoms with Gasteiger partial charge in [-0.3, -0.25) is 9.80 Å². The van der Waals surface area contributed by atoms with E-state index in [1.807, 2.05) is 0 Å². The number of fused-ring (bicyclic) bond motifs is 1. The van der Waals surface area contributed by atoms with Crippen molar-refractivity contribution in [3.05, 3.63) is 108 Å². The lowest BCUT2D eigenvalue weighted by molar-refractivity contribution is 0.0561. The summed E-state index contributed by atoms with van der Waals surface area (Å²) in [6, 6.07) is 32.3. The summed E-state index contributed by atoms with van der Waals surface area (Å²) in [5, 5.41) is 12.0. The molecular formula is C28H31N3O. The number of piperazine rings is 1. The molecule has 1 N–H and O–H groups in total. The Kier molecular flexibility index (Phi) is 6.35. The van der Waals surface area contributed by atoms with Crippen molar-refractivity contribution in [2.24, 2.45) is 0 Å². The average molecular weight is 426 g/mol. The number of hydrogen-bond donors (Lipinski definition) is 1. The van der Waals surface area contributed by atoms with Crippen LogP contribution in [0.15, 0.2) is 97.2 Å². The molecular weight excluding hydrogens is 394 g/mol. The molecule has 1 aliphatic heterocycles. The van der Waals surface area contributed by atoms with Gasteiger partial charge in [0.05, 0.1) is 12.1 Å². The molecule has 0 saturated carbocycles. The van der Waals surface area contributed by atoms with Crippen LogP contribution in [-0.4, -0.2) is 58.3 Å². The van der Waals surface area contributed by atoms with Gasteiger partial charge in [-0.05, 0) is 28.6 Å². The van der Waals surface area contributed by atoms with Crippen molar-refractivity contribution >= 4 is 10.9 Å². The summed E-state index contributed by atoms with van der Waals surface area (Å²) in [5.74, 6) is 0. The SMILES string of the molecule is OC(CN1CCN(C(c2ccccc2)c2ccccc2)CC1)Cn1ccc2ccccc21. The molecule has 4 heteroatoms. The van der Waals surface area contributed by atoms with Gasteiger partial charge in [0, 0.05) is 51.0 Å². The van der Waals surface area contributed by atoms with Gasteiger partial charge < -0.3 is 9.67 Å². The summed E-state index contributed by atoms with van der Waals surface area (Å²) in [7, 11) is 0. The second kappa shape index (κ2) is 9.70. The largest absolute Gasteiger partial charge is 0.390 e. The second-order valence-corrected chi connectivity index (χ2v) is 8.74. The number of aliphatic hydroxyl groups is 1. The van der Waals surface area contributed by atoms with Crippen LogP contribution in [-0.2, 0) is 6.54 Å². The van der Waals surface area contributed by atoms with E-state index < -0.39 is 0 Å². The first-order valence-electron chi connectivity index (χ1n) is 11.6. The topological polar surface area (TPSA) is 31.6 Å². The minimum absolute atomic E-state index is 0.274. The fourth-order valence-corrected chi connectivity index (χ4v) is 4.97. The Balaban J connectivity index is 1.22. The number of para-hydroxylation sites is 1. The molecule has 1 aliphatic rings. The van der Waals surface area contributed by atoms with E-state index in [0.717, 1.165) is 26.2 Å². The van der Waals surface area contributed by atoms with Crippen molar-refractivity contribution < 1.29 is 5.11 Å². The van der Waals surface area contributed by atoms with Gasteiger partial charge in [-0.25, -0.2) is 0 Å². The molecule has 0 radical (unpaired) electrons. The third-order valence-electron chi connectivity index (χ3n) is 6.56. The van der Waals surface area contributed by atoms with Crippen LogP contribution in [0.3, 0.4) is 0 Å². The van der Waals surface area contributed by atoms with Gasteiger partial charge in [0.2, 0.25) is 0 Å². The maximum atomic E-state index is 10.8. The van der Waals surface area contributed by atoms with Crippen LogP contribution in [0.1, 0.15) is 17.2 Å². The fraction of sp³-hybridized carbons (Fsp3) is 0.286. The number of aliphatic hydroxyl groups excluding tert-OH is 1. The normalized spacial score (nSPS) is 16.6. The highest BCUT2D eigenvalue weighted by Gasteiger charge is 2.27. The van der Waals surface area contributed by atoms with E-state index in [-0.39, 0.29) is 12.1 Å². The predicted octanol–water partition coefficient (Wildman–Crippen LogP) is 4.41. The Bertz CT molecular complexity index is 1080. The van der Waals surface area contributed by atoms with Crippen LogP contribution in [0.5, 0.6) is 0 Å². The Morgan fingerprint density at radius 2 is 1.25 bits per heavy atom. The summed E-state index contributed by atoms with van der Waals surface area (Å²) in [5.41, 5.74) is 3.86. The van der Waals surface area contributed by atoms with Gasteiger partial charge in [0.25, 0.3) is 0 Å². The summed E-state index contributed by atoms with van der Waals surface area (Å²) in [6.07, 6.45) is 1.70. The van der Waals surface area contributed by atoms with Crippen LogP contribution in [0.25, 0.3) is 10.9 Å². The van der Waals surface area contributed by atoms with E-state index in [0.29, 0.717) is 13.1 Å². The molecule has 0 amide bonds. The van der Waals surface area contributed by atoms with Gasteiger partial charge >= 0.3 is 0 Å². The lowest BCUT2D eigenvalue weighted by Gasteiger charge is -2.40. The second-order valence-electron chi connectivity index (χ2n) is 8.74. The fourth-order valence-electron chi connectivity index (χ4n) is 4.97. The highest BCUT2D eigenvalue weighted by Crippen LogP contribution is 2.29. The van der Waals surface area contributed by atoms with E-state index in [9.17, 15) is 5.11 Å². The zero-order valence-corrected chi connectivity index (χ0v) is 18.4. The third-order valence-corrected chi connectivity index (χ3v) is 6.56. The van der Waals surface area contributed by atoms with E-state index in [2.05, 4.69) is 112 Å². The van der Waals surface area contributed by atoms with E-state index >= 15 is 0 Å². The van der Waals surface area contributed by atoms with Crippen LogP contribution < -0.4 is 0 Å². The summed E-state index contributed by atoms with van der Waals surface area (Å²) < 4.78 is 2.16. The molecule has 3 aromatic carbocycles. The zero-order chi connectivity index (χ0) is 21.8.